The first kappa shape index (κ1) is 8.15. The molecule has 0 unspecified atom stereocenters. The van der Waals surface area contributed by atoms with Gasteiger partial charge in [-0.2, -0.15) is 0 Å². The third-order valence-corrected chi connectivity index (χ3v) is 3.47. The van der Waals surface area contributed by atoms with Gasteiger partial charge in [0.05, 0.1) is 0 Å². The summed E-state index contributed by atoms with van der Waals surface area (Å²) in [6.07, 6.45) is 1.06. The average Bonchev–Trinajstić information content (AvgIpc) is 1.87. The van der Waals surface area contributed by atoms with Gasteiger partial charge in [0.15, 0.2) is 0 Å². The van der Waals surface area contributed by atoms with Crippen molar-refractivity contribution in [2.75, 3.05) is 12.3 Å². The van der Waals surface area contributed by atoms with E-state index in [9.17, 15) is 4.57 Å². The molecule has 0 saturated carbocycles. The van der Waals surface area contributed by atoms with Crippen molar-refractivity contribution in [2.24, 2.45) is 5.90 Å². The highest BCUT2D eigenvalue weighted by Gasteiger charge is 2.14. The Morgan fingerprint density at radius 3 is 1.88 bits per heavy atom. The second-order valence-corrected chi connectivity index (χ2v) is 4.66. The first-order chi connectivity index (χ1) is 3.68. The second kappa shape index (κ2) is 3.23. The Hall–Kier alpha value is 0.150. The molecule has 0 aromatic rings. The maximum atomic E-state index is 11.0. The number of rotatable bonds is 3. The van der Waals surface area contributed by atoms with Crippen molar-refractivity contribution in [1.82, 2.24) is 0 Å². The monoisotopic (exact) mass is 137 g/mol. The van der Waals surface area contributed by atoms with Gasteiger partial charge in [-0.05, 0) is 0 Å². The van der Waals surface area contributed by atoms with E-state index in [1.807, 2.05) is 0 Å². The lowest BCUT2D eigenvalue weighted by atomic mass is 11.0. The highest BCUT2D eigenvalue weighted by atomic mass is 31.2. The van der Waals surface area contributed by atoms with Gasteiger partial charge >= 0.3 is 0 Å². The van der Waals surface area contributed by atoms with Crippen LogP contribution in [0, 0.1) is 0 Å². The largest absolute Gasteiger partial charge is 0.291 e. The van der Waals surface area contributed by atoms with Crippen LogP contribution in [-0.2, 0) is 9.19 Å². The predicted octanol–water partition coefficient (Wildman–Crippen LogP) is 1.19. The lowest BCUT2D eigenvalue weighted by Gasteiger charge is -2.08. The van der Waals surface area contributed by atoms with Crippen molar-refractivity contribution in [3.8, 4) is 0 Å². The molecule has 0 aromatic carbocycles. The molecule has 4 heteroatoms. The Morgan fingerprint density at radius 2 is 1.88 bits per heavy atom. The van der Waals surface area contributed by atoms with Gasteiger partial charge in [-0.25, -0.2) is 10.5 Å². The van der Waals surface area contributed by atoms with Gasteiger partial charge in [-0.1, -0.05) is 13.8 Å². The molecule has 0 bridgehead atoms. The van der Waals surface area contributed by atoms with Gasteiger partial charge in [0.25, 0.3) is 0 Å². The standard InChI is InChI=1S/C4H12NO2P/c1-3-8(6,4-2)7-5/h3-5H2,1-2H3. The third-order valence-electron chi connectivity index (χ3n) is 1.16. The van der Waals surface area contributed by atoms with Crippen molar-refractivity contribution < 1.29 is 9.19 Å². The number of nitrogens with two attached hydrogens (primary N) is 1. The molecule has 2 N–H and O–H groups in total. The molecule has 0 aliphatic carbocycles. The smallest absolute Gasteiger partial charge is 0.219 e. The van der Waals surface area contributed by atoms with E-state index < -0.39 is 7.37 Å². The van der Waals surface area contributed by atoms with Gasteiger partial charge in [-0.15, -0.1) is 0 Å². The molecule has 0 fully saturated rings. The van der Waals surface area contributed by atoms with E-state index >= 15 is 0 Å². The molecule has 0 aliphatic heterocycles. The minimum absolute atomic E-state index is 0.528. The zero-order valence-corrected chi connectivity index (χ0v) is 6.15. The van der Waals surface area contributed by atoms with E-state index in [4.69, 9.17) is 5.90 Å². The van der Waals surface area contributed by atoms with E-state index in [1.54, 1.807) is 13.8 Å². The Kier molecular flexibility index (Phi) is 3.29. The molecule has 0 rings (SSSR count). The summed E-state index contributed by atoms with van der Waals surface area (Å²) in [6.45, 7) is 3.61. The van der Waals surface area contributed by atoms with Gasteiger partial charge < -0.3 is 0 Å². The van der Waals surface area contributed by atoms with Crippen molar-refractivity contribution in [1.29, 1.82) is 0 Å². The van der Waals surface area contributed by atoms with Gasteiger partial charge in [0, 0.05) is 12.3 Å². The van der Waals surface area contributed by atoms with Crippen LogP contribution in [0.3, 0.4) is 0 Å². The Morgan fingerprint density at radius 1 is 1.50 bits per heavy atom. The lowest BCUT2D eigenvalue weighted by molar-refractivity contribution is 0.329. The highest BCUT2D eigenvalue weighted by molar-refractivity contribution is 7.58. The van der Waals surface area contributed by atoms with Crippen molar-refractivity contribution in [2.45, 2.75) is 13.8 Å². The first-order valence-electron chi connectivity index (χ1n) is 2.65. The van der Waals surface area contributed by atoms with Crippen molar-refractivity contribution >= 4 is 7.37 Å². The fraction of sp³-hybridized carbons (Fsp3) is 1.00. The summed E-state index contributed by atoms with van der Waals surface area (Å²) in [7, 11) is -2.38. The van der Waals surface area contributed by atoms with Crippen LogP contribution in [0.5, 0.6) is 0 Å². The van der Waals surface area contributed by atoms with Crippen LogP contribution in [0.4, 0.5) is 0 Å². The van der Waals surface area contributed by atoms with Gasteiger partial charge in [0.2, 0.25) is 7.37 Å². The van der Waals surface area contributed by atoms with Crippen LogP contribution >= 0.6 is 7.37 Å². The molecular weight excluding hydrogens is 125 g/mol. The van der Waals surface area contributed by atoms with Crippen LogP contribution in [0.1, 0.15) is 13.8 Å². The fourth-order valence-electron chi connectivity index (χ4n) is 0.373. The average molecular weight is 137 g/mol. The molecular formula is C4H12NO2P. The maximum absolute atomic E-state index is 11.0. The number of hydrogen-bond acceptors (Lipinski definition) is 3. The molecule has 0 heterocycles. The molecule has 3 nitrogen and oxygen atoms in total. The number of hydrogen-bond donors (Lipinski definition) is 1. The Labute approximate surface area is 49.6 Å². The summed E-state index contributed by atoms with van der Waals surface area (Å²) in [6, 6.07) is 0. The van der Waals surface area contributed by atoms with E-state index in [0.717, 1.165) is 0 Å². The molecule has 0 amide bonds. The summed E-state index contributed by atoms with van der Waals surface area (Å²) in [5, 5.41) is 0. The van der Waals surface area contributed by atoms with Crippen molar-refractivity contribution in [3.05, 3.63) is 0 Å². The molecule has 0 atom stereocenters. The SMILES string of the molecule is CCP(=O)(CC)ON. The van der Waals surface area contributed by atoms with Crippen molar-refractivity contribution in [3.63, 3.8) is 0 Å². The summed E-state index contributed by atoms with van der Waals surface area (Å²) >= 11 is 0. The molecule has 0 aliphatic rings. The molecule has 0 radical (unpaired) electrons. The Bertz CT molecular complexity index is 85.2. The minimum atomic E-state index is -2.38. The van der Waals surface area contributed by atoms with Gasteiger partial charge in [-0.3, -0.25) is 4.57 Å². The lowest BCUT2D eigenvalue weighted by Crippen LogP contribution is -2.00. The van der Waals surface area contributed by atoms with E-state index in [1.165, 1.54) is 0 Å². The van der Waals surface area contributed by atoms with Gasteiger partial charge in [0.1, 0.15) is 0 Å². The van der Waals surface area contributed by atoms with Crippen LogP contribution < -0.4 is 5.90 Å². The third kappa shape index (κ3) is 1.95. The highest BCUT2D eigenvalue weighted by Crippen LogP contribution is 2.43. The predicted molar refractivity (Wildman–Crippen MR) is 34.0 cm³/mol. The Balaban J connectivity index is 3.79. The normalized spacial score (nSPS) is 11.9. The topological polar surface area (TPSA) is 52.3 Å². The van der Waals surface area contributed by atoms with Crippen LogP contribution in [-0.4, -0.2) is 12.3 Å². The zero-order chi connectivity index (χ0) is 6.62. The summed E-state index contributed by atoms with van der Waals surface area (Å²) in [4.78, 5) is 0. The molecule has 0 saturated heterocycles. The van der Waals surface area contributed by atoms with E-state index in [-0.39, 0.29) is 0 Å². The summed E-state index contributed by atoms with van der Waals surface area (Å²) in [5.74, 6) is 4.76. The summed E-state index contributed by atoms with van der Waals surface area (Å²) in [5.41, 5.74) is 0. The van der Waals surface area contributed by atoms with Crippen LogP contribution in [0.2, 0.25) is 0 Å². The maximum Gasteiger partial charge on any atom is 0.219 e. The second-order valence-electron chi connectivity index (χ2n) is 1.55. The van der Waals surface area contributed by atoms with Crippen LogP contribution in [0.15, 0.2) is 0 Å². The molecule has 0 spiro atoms. The van der Waals surface area contributed by atoms with Crippen LogP contribution in [0.25, 0.3) is 0 Å². The molecule has 8 heavy (non-hydrogen) atoms. The zero-order valence-electron chi connectivity index (χ0n) is 5.26. The van der Waals surface area contributed by atoms with E-state index in [2.05, 4.69) is 4.62 Å². The van der Waals surface area contributed by atoms with E-state index in [0.29, 0.717) is 12.3 Å². The summed E-state index contributed by atoms with van der Waals surface area (Å²) < 4.78 is 15.3. The molecule has 0 aromatic heterocycles. The quantitative estimate of drug-likeness (QED) is 0.469. The fourth-order valence-corrected chi connectivity index (χ4v) is 1.12. The molecule has 50 valence electrons. The minimum Gasteiger partial charge on any atom is -0.291 e. The first-order valence-corrected chi connectivity index (χ1v) is 4.64.